The maximum atomic E-state index is 11.8. The number of hydrogen-bond acceptors (Lipinski definition) is 3. The van der Waals surface area contributed by atoms with Crippen LogP contribution in [0.25, 0.3) is 0 Å². The third kappa shape index (κ3) is 2.73. The summed E-state index contributed by atoms with van der Waals surface area (Å²) >= 11 is 0. The Morgan fingerprint density at radius 1 is 1.33 bits per heavy atom. The van der Waals surface area contributed by atoms with Crippen LogP contribution in [0.5, 0.6) is 0 Å². The van der Waals surface area contributed by atoms with E-state index >= 15 is 0 Å². The van der Waals surface area contributed by atoms with E-state index in [-0.39, 0.29) is 18.0 Å². The lowest BCUT2D eigenvalue weighted by Gasteiger charge is -2.04. The van der Waals surface area contributed by atoms with Crippen molar-refractivity contribution in [1.82, 2.24) is 15.3 Å². The molecule has 0 atom stereocenters. The van der Waals surface area contributed by atoms with Gasteiger partial charge < -0.3 is 15.4 Å². The van der Waals surface area contributed by atoms with Gasteiger partial charge in [-0.2, -0.15) is 0 Å². The molecular formula is C12H11N3O3. The van der Waals surface area contributed by atoms with Gasteiger partial charge in [0.05, 0.1) is 12.1 Å². The Labute approximate surface area is 103 Å². The average molecular weight is 245 g/mol. The zero-order chi connectivity index (χ0) is 13.0. The molecule has 3 N–H and O–H groups in total. The van der Waals surface area contributed by atoms with Crippen LogP contribution in [0, 0.1) is 0 Å². The van der Waals surface area contributed by atoms with Crippen LogP contribution in [0.3, 0.4) is 0 Å². The van der Waals surface area contributed by atoms with E-state index in [1.807, 2.05) is 0 Å². The van der Waals surface area contributed by atoms with Crippen LogP contribution in [0.15, 0.2) is 36.7 Å². The fourth-order valence-electron chi connectivity index (χ4n) is 1.45. The molecule has 2 aromatic rings. The average Bonchev–Trinajstić information content (AvgIpc) is 2.89. The molecule has 0 bridgehead atoms. The van der Waals surface area contributed by atoms with Crippen molar-refractivity contribution in [3.63, 3.8) is 0 Å². The molecule has 1 amide bonds. The Morgan fingerprint density at radius 2 is 2.11 bits per heavy atom. The molecule has 2 rings (SSSR count). The maximum absolute atomic E-state index is 11.8. The molecule has 0 aliphatic carbocycles. The molecule has 0 fully saturated rings. The third-order valence-corrected chi connectivity index (χ3v) is 2.34. The van der Waals surface area contributed by atoms with E-state index in [4.69, 9.17) is 5.11 Å². The van der Waals surface area contributed by atoms with Gasteiger partial charge in [-0.05, 0) is 18.2 Å². The van der Waals surface area contributed by atoms with Crippen molar-refractivity contribution in [1.29, 1.82) is 0 Å². The lowest BCUT2D eigenvalue weighted by Crippen LogP contribution is -2.23. The van der Waals surface area contributed by atoms with Crippen molar-refractivity contribution in [2.75, 3.05) is 0 Å². The number of carboxylic acids is 1. The summed E-state index contributed by atoms with van der Waals surface area (Å²) in [6.07, 6.45) is 3.25. The number of hydrogen-bond donors (Lipinski definition) is 3. The van der Waals surface area contributed by atoms with Gasteiger partial charge in [-0.15, -0.1) is 0 Å². The van der Waals surface area contributed by atoms with Crippen molar-refractivity contribution in [2.24, 2.45) is 0 Å². The number of carboxylic acid groups (broad SMARTS) is 1. The summed E-state index contributed by atoms with van der Waals surface area (Å²) < 4.78 is 0. The van der Waals surface area contributed by atoms with Crippen LogP contribution < -0.4 is 5.32 Å². The van der Waals surface area contributed by atoms with E-state index in [1.165, 1.54) is 18.2 Å². The first kappa shape index (κ1) is 11.8. The highest BCUT2D eigenvalue weighted by Gasteiger charge is 2.09. The summed E-state index contributed by atoms with van der Waals surface area (Å²) in [4.78, 5) is 29.4. The lowest BCUT2D eigenvalue weighted by atomic mass is 10.1. The minimum absolute atomic E-state index is 0.0839. The van der Waals surface area contributed by atoms with E-state index in [0.717, 1.165) is 0 Å². The SMILES string of the molecule is O=C(O)c1cccc(C(=O)NCc2ncc[nH]2)c1. The van der Waals surface area contributed by atoms with Crippen molar-refractivity contribution >= 4 is 11.9 Å². The molecule has 18 heavy (non-hydrogen) atoms. The van der Waals surface area contributed by atoms with Gasteiger partial charge in [-0.3, -0.25) is 4.79 Å². The number of aromatic carboxylic acids is 1. The van der Waals surface area contributed by atoms with Crippen molar-refractivity contribution in [3.05, 3.63) is 53.6 Å². The Bertz CT molecular complexity index is 564. The zero-order valence-electron chi connectivity index (χ0n) is 9.38. The number of nitrogens with zero attached hydrogens (tertiary/aromatic N) is 1. The highest BCUT2D eigenvalue weighted by Crippen LogP contribution is 2.05. The quantitative estimate of drug-likeness (QED) is 0.749. The number of benzene rings is 1. The topological polar surface area (TPSA) is 95.1 Å². The highest BCUT2D eigenvalue weighted by atomic mass is 16.4. The van der Waals surface area contributed by atoms with Gasteiger partial charge in [-0.1, -0.05) is 6.07 Å². The summed E-state index contributed by atoms with van der Waals surface area (Å²) in [5, 5.41) is 11.5. The molecule has 92 valence electrons. The predicted molar refractivity (Wildman–Crippen MR) is 63.2 cm³/mol. The Morgan fingerprint density at radius 3 is 2.78 bits per heavy atom. The molecule has 6 heteroatoms. The molecule has 1 aromatic heterocycles. The van der Waals surface area contributed by atoms with E-state index in [1.54, 1.807) is 18.5 Å². The number of amides is 1. The second-order valence-electron chi connectivity index (χ2n) is 3.60. The molecule has 1 aromatic carbocycles. The third-order valence-electron chi connectivity index (χ3n) is 2.34. The standard InChI is InChI=1S/C12H11N3O3/c16-11(15-7-10-13-4-5-14-10)8-2-1-3-9(6-8)12(17)18/h1-6H,7H2,(H,13,14)(H,15,16)(H,17,18). The summed E-state index contributed by atoms with van der Waals surface area (Å²) in [6, 6.07) is 5.86. The number of H-pyrrole nitrogens is 1. The normalized spacial score (nSPS) is 10.0. The zero-order valence-corrected chi connectivity index (χ0v) is 9.38. The van der Waals surface area contributed by atoms with Crippen molar-refractivity contribution in [2.45, 2.75) is 6.54 Å². The number of aromatic nitrogens is 2. The number of carbonyl (C=O) groups is 2. The van der Waals surface area contributed by atoms with Crippen molar-refractivity contribution in [3.8, 4) is 0 Å². The van der Waals surface area contributed by atoms with Crippen molar-refractivity contribution < 1.29 is 14.7 Å². The number of imidazole rings is 1. The first-order valence-electron chi connectivity index (χ1n) is 5.26. The number of nitrogens with one attached hydrogen (secondary N) is 2. The van der Waals surface area contributed by atoms with E-state index < -0.39 is 5.97 Å². The molecule has 0 saturated heterocycles. The van der Waals surface area contributed by atoms with E-state index in [9.17, 15) is 9.59 Å². The first-order valence-corrected chi connectivity index (χ1v) is 5.26. The Kier molecular flexibility index (Phi) is 3.38. The largest absolute Gasteiger partial charge is 0.478 e. The summed E-state index contributed by atoms with van der Waals surface area (Å²) in [5.74, 6) is -0.761. The Balaban J connectivity index is 2.04. The van der Waals surface area contributed by atoms with Gasteiger partial charge >= 0.3 is 5.97 Å². The summed E-state index contributed by atoms with van der Waals surface area (Å²) in [5.41, 5.74) is 0.391. The van der Waals surface area contributed by atoms with Crippen LogP contribution in [0.2, 0.25) is 0 Å². The fraction of sp³-hybridized carbons (Fsp3) is 0.0833. The first-order chi connectivity index (χ1) is 8.66. The highest BCUT2D eigenvalue weighted by molar-refractivity contribution is 5.97. The van der Waals surface area contributed by atoms with Crippen LogP contribution in [-0.4, -0.2) is 27.0 Å². The molecule has 6 nitrogen and oxygen atoms in total. The lowest BCUT2D eigenvalue weighted by molar-refractivity contribution is 0.0697. The number of aromatic amines is 1. The van der Waals surface area contributed by atoms with Gasteiger partial charge in [0.15, 0.2) is 0 Å². The van der Waals surface area contributed by atoms with E-state index in [2.05, 4.69) is 15.3 Å². The van der Waals surface area contributed by atoms with Gasteiger partial charge in [0.2, 0.25) is 0 Å². The van der Waals surface area contributed by atoms with Crippen LogP contribution in [-0.2, 0) is 6.54 Å². The minimum atomic E-state index is -1.06. The summed E-state index contributed by atoms with van der Waals surface area (Å²) in [6.45, 7) is 0.267. The van der Waals surface area contributed by atoms with Crippen LogP contribution in [0.4, 0.5) is 0 Å². The molecular weight excluding hydrogens is 234 g/mol. The van der Waals surface area contributed by atoms with Gasteiger partial charge in [-0.25, -0.2) is 9.78 Å². The second-order valence-corrected chi connectivity index (χ2v) is 3.60. The molecule has 0 saturated carbocycles. The second kappa shape index (κ2) is 5.13. The molecule has 0 radical (unpaired) electrons. The van der Waals surface area contributed by atoms with Crippen LogP contribution in [0.1, 0.15) is 26.5 Å². The minimum Gasteiger partial charge on any atom is -0.478 e. The molecule has 0 spiro atoms. The number of carbonyl (C=O) groups excluding carboxylic acids is 1. The Hall–Kier alpha value is -2.63. The number of rotatable bonds is 4. The van der Waals surface area contributed by atoms with Crippen LogP contribution >= 0.6 is 0 Å². The molecule has 0 unspecified atom stereocenters. The smallest absolute Gasteiger partial charge is 0.335 e. The van der Waals surface area contributed by atoms with E-state index in [0.29, 0.717) is 11.4 Å². The fourth-order valence-corrected chi connectivity index (χ4v) is 1.45. The van der Waals surface area contributed by atoms with Gasteiger partial charge in [0, 0.05) is 18.0 Å². The monoisotopic (exact) mass is 245 g/mol. The molecule has 1 heterocycles. The van der Waals surface area contributed by atoms with Gasteiger partial charge in [0.25, 0.3) is 5.91 Å². The maximum Gasteiger partial charge on any atom is 0.335 e. The molecule has 0 aliphatic heterocycles. The summed E-state index contributed by atoms with van der Waals surface area (Å²) in [7, 11) is 0. The molecule has 0 aliphatic rings. The van der Waals surface area contributed by atoms with Gasteiger partial charge in [0.1, 0.15) is 5.82 Å². The predicted octanol–water partition coefficient (Wildman–Crippen LogP) is 1.04.